The fourth-order valence-corrected chi connectivity index (χ4v) is 4.69. The fraction of sp³-hybridized carbons (Fsp3) is 0.565. The van der Waals surface area contributed by atoms with E-state index < -0.39 is 0 Å². The highest BCUT2D eigenvalue weighted by Crippen LogP contribution is 2.28. The van der Waals surface area contributed by atoms with Gasteiger partial charge in [-0.25, -0.2) is 4.98 Å². The minimum absolute atomic E-state index is 0.0913. The van der Waals surface area contributed by atoms with Gasteiger partial charge in [0.1, 0.15) is 0 Å². The van der Waals surface area contributed by atoms with Crippen molar-refractivity contribution >= 4 is 16.6 Å². The average Bonchev–Trinajstić information content (AvgIpc) is 3.47. The molecule has 3 aromatic rings. The minimum atomic E-state index is 0.0913. The second kappa shape index (κ2) is 8.42. The van der Waals surface area contributed by atoms with Crippen LogP contribution >= 0.6 is 0 Å². The maximum absolute atomic E-state index is 12.9. The van der Waals surface area contributed by atoms with E-state index in [9.17, 15) is 4.79 Å². The van der Waals surface area contributed by atoms with Gasteiger partial charge in [-0.2, -0.15) is 4.98 Å². The number of nitrogens with zero attached hydrogens (tertiary/aromatic N) is 6. The van der Waals surface area contributed by atoms with Gasteiger partial charge in [0.2, 0.25) is 5.89 Å². The molecule has 3 heterocycles. The number of fused-ring (bicyclic) bond motifs is 1. The highest BCUT2D eigenvalue weighted by molar-refractivity contribution is 5.81. The van der Waals surface area contributed by atoms with Gasteiger partial charge in [-0.1, -0.05) is 31.8 Å². The van der Waals surface area contributed by atoms with Gasteiger partial charge in [-0.3, -0.25) is 14.3 Å². The van der Waals surface area contributed by atoms with Crippen molar-refractivity contribution in [2.45, 2.75) is 58.0 Å². The molecule has 1 aliphatic heterocycles. The largest absolute Gasteiger partial charge is 0.369 e. The molecule has 0 radical (unpaired) electrons. The molecule has 1 aromatic carbocycles. The fourth-order valence-electron chi connectivity index (χ4n) is 4.69. The monoisotopic (exact) mass is 422 g/mol. The Labute approximate surface area is 181 Å². The van der Waals surface area contributed by atoms with E-state index in [-0.39, 0.29) is 11.5 Å². The molecule has 0 bridgehead atoms. The van der Waals surface area contributed by atoms with Crippen LogP contribution in [0, 0.1) is 0 Å². The lowest BCUT2D eigenvalue weighted by atomic mass is 10.1. The van der Waals surface area contributed by atoms with Crippen molar-refractivity contribution in [2.24, 2.45) is 0 Å². The maximum atomic E-state index is 12.9. The molecule has 8 heteroatoms. The summed E-state index contributed by atoms with van der Waals surface area (Å²) < 4.78 is 7.23. The van der Waals surface area contributed by atoms with Crippen LogP contribution in [0.15, 0.2) is 33.8 Å². The molecule has 1 aliphatic carbocycles. The van der Waals surface area contributed by atoms with Gasteiger partial charge in [-0.15, -0.1) is 0 Å². The van der Waals surface area contributed by atoms with Crippen LogP contribution in [0.5, 0.6) is 0 Å². The van der Waals surface area contributed by atoms with Crippen molar-refractivity contribution in [3.63, 3.8) is 0 Å². The molecule has 0 N–H and O–H groups in total. The van der Waals surface area contributed by atoms with Crippen LogP contribution in [0.4, 0.5) is 5.69 Å². The van der Waals surface area contributed by atoms with Gasteiger partial charge < -0.3 is 9.42 Å². The molecular weight excluding hydrogens is 392 g/mol. The van der Waals surface area contributed by atoms with E-state index in [2.05, 4.69) is 50.9 Å². The van der Waals surface area contributed by atoms with Crippen molar-refractivity contribution in [1.29, 1.82) is 0 Å². The highest BCUT2D eigenvalue weighted by Gasteiger charge is 2.22. The van der Waals surface area contributed by atoms with Gasteiger partial charge in [0, 0.05) is 43.8 Å². The number of hydrogen-bond acceptors (Lipinski definition) is 7. The van der Waals surface area contributed by atoms with E-state index in [0.717, 1.165) is 56.0 Å². The normalized spacial score (nSPS) is 18.5. The number of hydrogen-bond donors (Lipinski definition) is 0. The molecule has 0 atom stereocenters. The van der Waals surface area contributed by atoms with Crippen LogP contribution < -0.4 is 10.5 Å². The first-order valence-corrected chi connectivity index (χ1v) is 11.4. The highest BCUT2D eigenvalue weighted by atomic mass is 16.5. The van der Waals surface area contributed by atoms with Crippen LogP contribution in [0.25, 0.3) is 10.9 Å². The third kappa shape index (κ3) is 4.08. The van der Waals surface area contributed by atoms with Gasteiger partial charge in [0.15, 0.2) is 5.82 Å². The minimum Gasteiger partial charge on any atom is -0.369 e. The summed E-state index contributed by atoms with van der Waals surface area (Å²) in [6, 6.07) is 6.38. The summed E-state index contributed by atoms with van der Waals surface area (Å²) in [5, 5.41) is 4.77. The topological polar surface area (TPSA) is 80.3 Å². The summed E-state index contributed by atoms with van der Waals surface area (Å²) >= 11 is 0. The maximum Gasteiger partial charge on any atom is 0.261 e. The molecular formula is C23H30N6O2. The average molecular weight is 423 g/mol. The molecule has 2 aliphatic rings. The molecule has 2 fully saturated rings. The van der Waals surface area contributed by atoms with Gasteiger partial charge in [0.25, 0.3) is 5.56 Å². The molecule has 164 valence electrons. The molecule has 31 heavy (non-hydrogen) atoms. The third-order valence-corrected chi connectivity index (χ3v) is 6.58. The Morgan fingerprint density at radius 2 is 1.90 bits per heavy atom. The van der Waals surface area contributed by atoms with Gasteiger partial charge in [0.05, 0.1) is 23.8 Å². The smallest absolute Gasteiger partial charge is 0.261 e. The van der Waals surface area contributed by atoms with Crippen LogP contribution in [0.3, 0.4) is 0 Å². The van der Waals surface area contributed by atoms with Crippen molar-refractivity contribution in [1.82, 2.24) is 24.6 Å². The molecule has 5 rings (SSSR count). The van der Waals surface area contributed by atoms with Crippen molar-refractivity contribution in [2.75, 3.05) is 31.1 Å². The van der Waals surface area contributed by atoms with E-state index in [1.165, 1.54) is 12.8 Å². The second-order valence-corrected chi connectivity index (χ2v) is 9.06. The SMILES string of the molecule is CC(C)c1noc(CN2CCN(c3ccc4c(=O)n(C5CCCC5)cnc4c3)CC2)n1. The number of anilines is 1. The van der Waals surface area contributed by atoms with Gasteiger partial charge in [-0.05, 0) is 31.0 Å². The standard InChI is InChI=1S/C23H30N6O2/c1-16(2)22-25-21(31-26-22)14-27-9-11-28(12-10-27)18-7-8-19-20(13-18)24-15-29(23(19)30)17-5-3-4-6-17/h7-8,13,15-17H,3-6,9-12,14H2,1-2H3. The summed E-state index contributed by atoms with van der Waals surface area (Å²) in [6.07, 6.45) is 6.31. The number of rotatable bonds is 5. The molecule has 1 saturated carbocycles. The molecule has 8 nitrogen and oxygen atoms in total. The van der Waals surface area contributed by atoms with E-state index in [4.69, 9.17) is 4.52 Å². The number of aromatic nitrogens is 4. The Hall–Kier alpha value is -2.74. The van der Waals surface area contributed by atoms with E-state index in [1.54, 1.807) is 6.33 Å². The number of piperazine rings is 1. The van der Waals surface area contributed by atoms with E-state index >= 15 is 0 Å². The van der Waals surface area contributed by atoms with Crippen molar-refractivity contribution in [3.8, 4) is 0 Å². The van der Waals surface area contributed by atoms with Crippen LogP contribution in [-0.2, 0) is 6.54 Å². The summed E-state index contributed by atoms with van der Waals surface area (Å²) in [7, 11) is 0. The van der Waals surface area contributed by atoms with Crippen molar-refractivity contribution in [3.05, 3.63) is 46.6 Å². The molecule has 1 saturated heterocycles. The lowest BCUT2D eigenvalue weighted by Crippen LogP contribution is -2.46. The Bertz CT molecular complexity index is 1110. The first-order valence-electron chi connectivity index (χ1n) is 11.4. The lowest BCUT2D eigenvalue weighted by Gasteiger charge is -2.35. The summed E-state index contributed by atoms with van der Waals surface area (Å²) in [5.74, 6) is 1.73. The first kappa shape index (κ1) is 20.2. The van der Waals surface area contributed by atoms with Crippen LogP contribution in [-0.4, -0.2) is 50.8 Å². The van der Waals surface area contributed by atoms with Crippen LogP contribution in [0.1, 0.15) is 63.2 Å². The first-order chi connectivity index (χ1) is 15.1. The Balaban J connectivity index is 1.26. The van der Waals surface area contributed by atoms with Crippen molar-refractivity contribution < 1.29 is 4.52 Å². The van der Waals surface area contributed by atoms with Crippen LogP contribution in [0.2, 0.25) is 0 Å². The number of benzene rings is 1. The Kier molecular flexibility index (Phi) is 5.48. The summed E-state index contributed by atoms with van der Waals surface area (Å²) in [4.78, 5) is 26.8. The Morgan fingerprint density at radius 3 is 2.61 bits per heavy atom. The quantitative estimate of drug-likeness (QED) is 0.624. The van der Waals surface area contributed by atoms with Gasteiger partial charge >= 0.3 is 0 Å². The van der Waals surface area contributed by atoms with E-state index in [1.807, 2.05) is 10.6 Å². The molecule has 0 spiro atoms. The molecule has 0 unspecified atom stereocenters. The zero-order valence-electron chi connectivity index (χ0n) is 18.3. The third-order valence-electron chi connectivity index (χ3n) is 6.58. The molecule has 2 aromatic heterocycles. The summed E-state index contributed by atoms with van der Waals surface area (Å²) in [5.41, 5.74) is 2.00. The predicted molar refractivity (Wildman–Crippen MR) is 119 cm³/mol. The predicted octanol–water partition coefficient (Wildman–Crippen LogP) is 3.34. The lowest BCUT2D eigenvalue weighted by molar-refractivity contribution is 0.215. The Morgan fingerprint density at radius 1 is 1.13 bits per heavy atom. The molecule has 0 amide bonds. The van der Waals surface area contributed by atoms with E-state index in [0.29, 0.717) is 23.9 Å². The zero-order valence-corrected chi connectivity index (χ0v) is 18.3. The summed E-state index contributed by atoms with van der Waals surface area (Å²) in [6.45, 7) is 8.49. The zero-order chi connectivity index (χ0) is 21.4. The second-order valence-electron chi connectivity index (χ2n) is 9.06.